The molecule has 0 saturated heterocycles. The van der Waals surface area contributed by atoms with Crippen LogP contribution in [0.4, 0.5) is 0 Å². The molecular weight excluding hydrogens is 500 g/mol. The number of benzene rings is 4. The van der Waals surface area contributed by atoms with Crippen LogP contribution in [0.2, 0.25) is 5.02 Å². The highest BCUT2D eigenvalue weighted by Crippen LogP contribution is 2.22. The van der Waals surface area contributed by atoms with Crippen LogP contribution in [0.15, 0.2) is 97.1 Å². The number of carbonyl (C=O) groups excluding carboxylic acids is 1. The molecule has 0 spiro atoms. The molecule has 4 rings (SSSR count). The van der Waals surface area contributed by atoms with E-state index in [-0.39, 0.29) is 22.8 Å². The van der Waals surface area contributed by atoms with Crippen molar-refractivity contribution in [3.63, 3.8) is 0 Å². The lowest BCUT2D eigenvalue weighted by Crippen LogP contribution is -2.42. The highest BCUT2D eigenvalue weighted by Gasteiger charge is 2.22. The number of amides is 1. The van der Waals surface area contributed by atoms with Crippen molar-refractivity contribution < 1.29 is 19.8 Å². The summed E-state index contributed by atoms with van der Waals surface area (Å²) in [4.78, 5) is 24.4. The van der Waals surface area contributed by atoms with Gasteiger partial charge in [-0.15, -0.1) is 0 Å². The Kier molecular flexibility index (Phi) is 9.14. The topological polar surface area (TPSA) is 98.7 Å². The number of rotatable bonds is 11. The first-order valence-electron chi connectivity index (χ1n) is 12.3. The summed E-state index contributed by atoms with van der Waals surface area (Å²) >= 11 is 6.07. The van der Waals surface area contributed by atoms with Gasteiger partial charge in [0.2, 0.25) is 0 Å². The van der Waals surface area contributed by atoms with E-state index >= 15 is 0 Å². The number of hydrogen-bond donors (Lipinski definition) is 4. The number of aromatic hydroxyl groups is 1. The number of carboxylic acid groups (broad SMARTS) is 1. The monoisotopic (exact) mass is 528 g/mol. The van der Waals surface area contributed by atoms with E-state index in [0.29, 0.717) is 0 Å². The second kappa shape index (κ2) is 12.9. The normalized spacial score (nSPS) is 11.6. The molecule has 194 valence electrons. The third kappa shape index (κ3) is 7.44. The van der Waals surface area contributed by atoms with E-state index in [1.54, 1.807) is 36.4 Å². The Bertz CT molecular complexity index is 1390. The third-order valence-electron chi connectivity index (χ3n) is 6.23. The molecule has 0 saturated carbocycles. The van der Waals surface area contributed by atoms with Crippen LogP contribution in [0.3, 0.4) is 0 Å². The number of aliphatic carboxylic acids is 1. The van der Waals surface area contributed by atoms with Crippen LogP contribution in [0.5, 0.6) is 5.75 Å². The number of nitrogens with one attached hydrogen (secondary N) is 2. The van der Waals surface area contributed by atoms with Crippen LogP contribution in [0.1, 0.15) is 27.0 Å². The Morgan fingerprint density at radius 1 is 0.789 bits per heavy atom. The maximum atomic E-state index is 12.5. The van der Waals surface area contributed by atoms with Gasteiger partial charge in [-0.1, -0.05) is 78.3 Å². The quantitative estimate of drug-likeness (QED) is 0.193. The first-order valence-corrected chi connectivity index (χ1v) is 12.7. The fourth-order valence-electron chi connectivity index (χ4n) is 4.14. The van der Waals surface area contributed by atoms with E-state index in [9.17, 15) is 19.8 Å². The molecule has 0 aliphatic carbocycles. The number of phenolic OH excluding ortho intramolecular Hbond substituents is 1. The molecule has 1 unspecified atom stereocenters. The zero-order chi connectivity index (χ0) is 26.9. The molecule has 4 N–H and O–H groups in total. The number of carbonyl (C=O) groups is 2. The van der Waals surface area contributed by atoms with E-state index in [2.05, 4.69) is 22.8 Å². The Hall–Kier alpha value is -4.13. The van der Waals surface area contributed by atoms with Crippen molar-refractivity contribution in [2.75, 3.05) is 6.54 Å². The SMILES string of the molecule is O=C(NC(Cc1ccc(-c2cccc(CNCCc3ccc(O)cc3)c2)cc1)C(=O)O)c1ccccc1Cl. The highest BCUT2D eigenvalue weighted by molar-refractivity contribution is 6.33. The highest BCUT2D eigenvalue weighted by atomic mass is 35.5. The average Bonchev–Trinajstić information content (AvgIpc) is 2.92. The predicted octanol–water partition coefficient (Wildman–Crippen LogP) is 5.47. The molecule has 0 aliphatic heterocycles. The Balaban J connectivity index is 1.34. The molecule has 0 heterocycles. The molecule has 4 aromatic carbocycles. The Morgan fingerprint density at radius 3 is 2.21 bits per heavy atom. The summed E-state index contributed by atoms with van der Waals surface area (Å²) in [5.74, 6) is -1.36. The van der Waals surface area contributed by atoms with Crippen LogP contribution in [0, 0.1) is 0 Å². The molecule has 0 aliphatic rings. The smallest absolute Gasteiger partial charge is 0.326 e. The molecule has 0 aromatic heterocycles. The largest absolute Gasteiger partial charge is 0.508 e. The maximum absolute atomic E-state index is 12.5. The lowest BCUT2D eigenvalue weighted by atomic mass is 9.99. The summed E-state index contributed by atoms with van der Waals surface area (Å²) in [6.07, 6.45) is 1.02. The summed E-state index contributed by atoms with van der Waals surface area (Å²) in [5, 5.41) is 25.4. The van der Waals surface area contributed by atoms with Crippen molar-refractivity contribution in [1.29, 1.82) is 0 Å². The molecule has 7 heteroatoms. The average molecular weight is 529 g/mol. The molecule has 38 heavy (non-hydrogen) atoms. The van der Waals surface area contributed by atoms with Gasteiger partial charge in [-0.2, -0.15) is 0 Å². The van der Waals surface area contributed by atoms with Crippen LogP contribution in [0.25, 0.3) is 11.1 Å². The molecule has 0 radical (unpaired) electrons. The molecular formula is C31H29ClN2O4. The molecule has 1 atom stereocenters. The van der Waals surface area contributed by atoms with Gasteiger partial charge in [0.05, 0.1) is 10.6 Å². The van der Waals surface area contributed by atoms with E-state index in [1.807, 2.05) is 48.5 Å². The fourth-order valence-corrected chi connectivity index (χ4v) is 4.36. The number of phenols is 1. The van der Waals surface area contributed by atoms with Gasteiger partial charge < -0.3 is 20.8 Å². The predicted molar refractivity (Wildman–Crippen MR) is 149 cm³/mol. The van der Waals surface area contributed by atoms with Crippen molar-refractivity contribution in [2.45, 2.75) is 25.4 Å². The molecule has 6 nitrogen and oxygen atoms in total. The molecule has 4 aromatic rings. The summed E-state index contributed by atoms with van der Waals surface area (Å²) in [5.41, 5.74) is 5.45. The zero-order valence-electron chi connectivity index (χ0n) is 20.7. The summed E-state index contributed by atoms with van der Waals surface area (Å²) in [7, 11) is 0. The van der Waals surface area contributed by atoms with Crippen molar-refractivity contribution in [2.24, 2.45) is 0 Å². The zero-order valence-corrected chi connectivity index (χ0v) is 21.5. The van der Waals surface area contributed by atoms with Gasteiger partial charge >= 0.3 is 5.97 Å². The lowest BCUT2D eigenvalue weighted by molar-refractivity contribution is -0.139. The molecule has 0 bridgehead atoms. The van der Waals surface area contributed by atoms with E-state index in [0.717, 1.165) is 47.3 Å². The standard InChI is InChI=1S/C31H29ClN2O4/c32-28-7-2-1-6-27(28)30(36)34-29(31(37)38)19-22-8-12-24(13-9-22)25-5-3-4-23(18-25)20-33-17-16-21-10-14-26(35)15-11-21/h1-15,18,29,33,35H,16-17,19-20H2,(H,34,36)(H,37,38). The maximum Gasteiger partial charge on any atom is 0.326 e. The first kappa shape index (κ1) is 26.9. The van der Waals surface area contributed by atoms with E-state index < -0.39 is 17.9 Å². The van der Waals surface area contributed by atoms with Gasteiger partial charge in [0.15, 0.2) is 0 Å². The molecule has 0 fully saturated rings. The second-order valence-electron chi connectivity index (χ2n) is 9.04. The minimum Gasteiger partial charge on any atom is -0.508 e. The van der Waals surface area contributed by atoms with E-state index in [4.69, 9.17) is 11.6 Å². The number of carboxylic acids is 1. The van der Waals surface area contributed by atoms with Crippen molar-refractivity contribution in [3.8, 4) is 16.9 Å². The number of halogens is 1. The van der Waals surface area contributed by atoms with Crippen LogP contribution < -0.4 is 10.6 Å². The summed E-state index contributed by atoms with van der Waals surface area (Å²) < 4.78 is 0. The van der Waals surface area contributed by atoms with E-state index in [1.165, 1.54) is 0 Å². The van der Waals surface area contributed by atoms with Gasteiger partial charge in [0.25, 0.3) is 5.91 Å². The van der Waals surface area contributed by atoms with Gasteiger partial charge in [-0.25, -0.2) is 4.79 Å². The fraction of sp³-hybridized carbons (Fsp3) is 0.161. The number of hydrogen-bond acceptors (Lipinski definition) is 4. The van der Waals surface area contributed by atoms with Crippen LogP contribution in [-0.2, 0) is 24.2 Å². The summed E-state index contributed by atoms with van der Waals surface area (Å²) in [6, 6.07) is 28.7. The van der Waals surface area contributed by atoms with Crippen LogP contribution in [-0.4, -0.2) is 34.7 Å². The van der Waals surface area contributed by atoms with Crippen molar-refractivity contribution in [3.05, 3.63) is 124 Å². The van der Waals surface area contributed by atoms with Gasteiger partial charge in [-0.05, 0) is 71.1 Å². The molecule has 1 amide bonds. The minimum atomic E-state index is -1.11. The second-order valence-corrected chi connectivity index (χ2v) is 9.45. The minimum absolute atomic E-state index is 0.150. The summed E-state index contributed by atoms with van der Waals surface area (Å²) in [6.45, 7) is 1.55. The van der Waals surface area contributed by atoms with Crippen molar-refractivity contribution >= 4 is 23.5 Å². The van der Waals surface area contributed by atoms with Crippen molar-refractivity contribution in [1.82, 2.24) is 10.6 Å². The van der Waals surface area contributed by atoms with Gasteiger partial charge in [0.1, 0.15) is 11.8 Å². The lowest BCUT2D eigenvalue weighted by Gasteiger charge is -2.15. The Morgan fingerprint density at radius 2 is 1.50 bits per heavy atom. The van der Waals surface area contributed by atoms with Gasteiger partial charge in [0, 0.05) is 13.0 Å². The Labute approximate surface area is 226 Å². The first-order chi connectivity index (χ1) is 18.4. The van der Waals surface area contributed by atoms with Gasteiger partial charge in [-0.3, -0.25) is 4.79 Å². The third-order valence-corrected chi connectivity index (χ3v) is 6.56. The van der Waals surface area contributed by atoms with Crippen LogP contribution >= 0.6 is 11.6 Å².